The summed E-state index contributed by atoms with van der Waals surface area (Å²) < 4.78 is 0. The molecule has 0 aliphatic heterocycles. The molecule has 0 N–H and O–H groups in total. The van der Waals surface area contributed by atoms with Crippen LogP contribution in [0.4, 0.5) is 0 Å². The van der Waals surface area contributed by atoms with Crippen LogP contribution in [-0.4, -0.2) is 4.98 Å². The van der Waals surface area contributed by atoms with Gasteiger partial charge in [0, 0.05) is 11.8 Å². The maximum Gasteiger partial charge on any atom is 0.0708 e. The molecule has 10 aromatic carbocycles. The first-order valence-electron chi connectivity index (χ1n) is 19.3. The quantitative estimate of drug-likeness (QED) is 0.162. The van der Waals surface area contributed by atoms with E-state index in [9.17, 15) is 0 Å². The Morgan fingerprint density at radius 1 is 0.250 bits per heavy atom. The molecule has 0 bridgehead atoms. The molecule has 1 aromatic heterocycles. The summed E-state index contributed by atoms with van der Waals surface area (Å²) in [6.07, 6.45) is 1.93. The molecule has 0 unspecified atom stereocenters. The molecule has 0 saturated carbocycles. The third-order valence-corrected chi connectivity index (χ3v) is 11.5. The molecule has 0 saturated heterocycles. The van der Waals surface area contributed by atoms with E-state index in [1.807, 2.05) is 6.20 Å². The lowest BCUT2D eigenvalue weighted by molar-refractivity contribution is 1.33. The van der Waals surface area contributed by atoms with Gasteiger partial charge in [0.25, 0.3) is 0 Å². The lowest BCUT2D eigenvalue weighted by atomic mass is 9.84. The van der Waals surface area contributed by atoms with Gasteiger partial charge in [-0.25, -0.2) is 0 Å². The monoisotopic (exact) mass is 709 g/mol. The smallest absolute Gasteiger partial charge is 0.0708 e. The standard InChI is InChI=1S/C55H35N/c1-3-13-41-32-45(26-22-36(41)10-1)54-49-17-7-8-18-50(49)55(46-27-23-37-11-2-4-14-42(37)33-46)52-34-43(28-29-51(52)54)38-20-24-40(25-21-38)53-35-44(30-31-56-53)48-19-9-15-39-12-5-6-16-47(39)48/h1-35H. The van der Waals surface area contributed by atoms with E-state index in [0.717, 1.165) is 11.3 Å². The van der Waals surface area contributed by atoms with Crippen molar-refractivity contribution in [1.29, 1.82) is 0 Å². The zero-order valence-corrected chi connectivity index (χ0v) is 30.7. The third-order valence-electron chi connectivity index (χ3n) is 11.5. The maximum atomic E-state index is 4.81. The first-order valence-corrected chi connectivity index (χ1v) is 19.3. The molecular formula is C55H35N. The van der Waals surface area contributed by atoms with Crippen molar-refractivity contribution in [2.75, 3.05) is 0 Å². The lowest BCUT2D eigenvalue weighted by Crippen LogP contribution is -1.92. The Labute approximate surface area is 325 Å². The van der Waals surface area contributed by atoms with Crippen molar-refractivity contribution >= 4 is 53.9 Å². The Hall–Kier alpha value is -7.35. The molecule has 0 aliphatic rings. The molecule has 0 amide bonds. The molecule has 260 valence electrons. The summed E-state index contributed by atoms with van der Waals surface area (Å²) in [6.45, 7) is 0. The number of nitrogens with zero attached hydrogens (tertiary/aromatic N) is 1. The van der Waals surface area contributed by atoms with Gasteiger partial charge in [0.1, 0.15) is 0 Å². The van der Waals surface area contributed by atoms with E-state index in [2.05, 4.69) is 206 Å². The Balaban J connectivity index is 1.08. The van der Waals surface area contributed by atoms with Crippen molar-refractivity contribution in [3.63, 3.8) is 0 Å². The zero-order chi connectivity index (χ0) is 37.0. The summed E-state index contributed by atoms with van der Waals surface area (Å²) in [6, 6.07) is 75.3. The molecule has 56 heavy (non-hydrogen) atoms. The fraction of sp³-hybridized carbons (Fsp3) is 0. The maximum absolute atomic E-state index is 4.81. The van der Waals surface area contributed by atoms with Crippen LogP contribution in [0.5, 0.6) is 0 Å². The van der Waals surface area contributed by atoms with Crippen LogP contribution in [-0.2, 0) is 0 Å². The van der Waals surface area contributed by atoms with Gasteiger partial charge in [0.05, 0.1) is 5.69 Å². The number of pyridine rings is 1. The molecule has 0 atom stereocenters. The van der Waals surface area contributed by atoms with Crippen molar-refractivity contribution in [3.8, 4) is 55.8 Å². The Morgan fingerprint density at radius 2 is 0.750 bits per heavy atom. The van der Waals surface area contributed by atoms with Crippen LogP contribution in [0.25, 0.3) is 110 Å². The number of fused-ring (bicyclic) bond motifs is 5. The van der Waals surface area contributed by atoms with Crippen molar-refractivity contribution in [2.24, 2.45) is 0 Å². The van der Waals surface area contributed by atoms with Crippen LogP contribution in [0.2, 0.25) is 0 Å². The first kappa shape index (κ1) is 32.1. The predicted octanol–water partition coefficient (Wildman–Crippen LogP) is 15.2. The second-order valence-corrected chi connectivity index (χ2v) is 14.7. The van der Waals surface area contributed by atoms with Gasteiger partial charge in [0.2, 0.25) is 0 Å². The molecule has 0 aliphatic carbocycles. The van der Waals surface area contributed by atoms with Crippen LogP contribution in [0.1, 0.15) is 0 Å². The Kier molecular flexibility index (Phi) is 7.57. The summed E-state index contributed by atoms with van der Waals surface area (Å²) in [5.41, 5.74) is 11.8. The first-order chi connectivity index (χ1) is 27.7. The van der Waals surface area contributed by atoms with E-state index in [0.29, 0.717) is 0 Å². The van der Waals surface area contributed by atoms with Gasteiger partial charge in [-0.3, -0.25) is 4.98 Å². The van der Waals surface area contributed by atoms with Crippen molar-refractivity contribution in [3.05, 3.63) is 212 Å². The molecule has 11 rings (SSSR count). The highest BCUT2D eigenvalue weighted by atomic mass is 14.7. The van der Waals surface area contributed by atoms with E-state index >= 15 is 0 Å². The van der Waals surface area contributed by atoms with E-state index < -0.39 is 0 Å². The Bertz CT molecular complexity index is 3290. The molecule has 1 heterocycles. The number of hydrogen-bond donors (Lipinski definition) is 0. The molecule has 0 radical (unpaired) electrons. The van der Waals surface area contributed by atoms with Crippen LogP contribution >= 0.6 is 0 Å². The molecule has 11 aromatic rings. The van der Waals surface area contributed by atoms with Gasteiger partial charge < -0.3 is 0 Å². The molecule has 0 spiro atoms. The van der Waals surface area contributed by atoms with Crippen LogP contribution in [0.15, 0.2) is 212 Å². The van der Waals surface area contributed by atoms with Crippen LogP contribution in [0.3, 0.4) is 0 Å². The topological polar surface area (TPSA) is 12.9 Å². The van der Waals surface area contributed by atoms with Gasteiger partial charge in [-0.15, -0.1) is 0 Å². The number of rotatable bonds is 5. The third kappa shape index (κ3) is 5.44. The predicted molar refractivity (Wildman–Crippen MR) is 239 cm³/mol. The molecule has 1 nitrogen and oxygen atoms in total. The van der Waals surface area contributed by atoms with Crippen LogP contribution < -0.4 is 0 Å². The second kappa shape index (κ2) is 13.2. The summed E-state index contributed by atoms with van der Waals surface area (Å²) in [4.78, 5) is 4.81. The average molecular weight is 710 g/mol. The minimum atomic E-state index is 0.964. The minimum absolute atomic E-state index is 0.964. The number of hydrogen-bond acceptors (Lipinski definition) is 1. The van der Waals surface area contributed by atoms with E-state index in [1.165, 1.54) is 98.4 Å². The van der Waals surface area contributed by atoms with Gasteiger partial charge in [-0.1, -0.05) is 176 Å². The van der Waals surface area contributed by atoms with E-state index in [-0.39, 0.29) is 0 Å². The second-order valence-electron chi connectivity index (χ2n) is 14.7. The highest BCUT2D eigenvalue weighted by Gasteiger charge is 2.18. The van der Waals surface area contributed by atoms with Crippen molar-refractivity contribution in [1.82, 2.24) is 4.98 Å². The van der Waals surface area contributed by atoms with Crippen molar-refractivity contribution in [2.45, 2.75) is 0 Å². The van der Waals surface area contributed by atoms with E-state index in [4.69, 9.17) is 4.98 Å². The highest BCUT2D eigenvalue weighted by molar-refractivity contribution is 6.22. The SMILES string of the molecule is c1ccc2cc(-c3c4ccccc4c(-c4ccc5ccccc5c4)c4cc(-c5ccc(-c6cc(-c7cccc8ccccc78)ccn6)cc5)ccc34)ccc2c1. The largest absolute Gasteiger partial charge is 0.256 e. The highest BCUT2D eigenvalue weighted by Crippen LogP contribution is 2.46. The fourth-order valence-corrected chi connectivity index (χ4v) is 8.74. The Morgan fingerprint density at radius 3 is 1.43 bits per heavy atom. The average Bonchev–Trinajstić information content (AvgIpc) is 3.27. The molecule has 1 heteroatoms. The zero-order valence-electron chi connectivity index (χ0n) is 30.7. The summed E-state index contributed by atoms with van der Waals surface area (Å²) in [5, 5.41) is 12.5. The number of benzene rings is 10. The van der Waals surface area contributed by atoms with Gasteiger partial charge >= 0.3 is 0 Å². The molecular weight excluding hydrogens is 675 g/mol. The summed E-state index contributed by atoms with van der Waals surface area (Å²) in [5.74, 6) is 0. The normalized spacial score (nSPS) is 11.6. The summed E-state index contributed by atoms with van der Waals surface area (Å²) in [7, 11) is 0. The molecule has 0 fully saturated rings. The van der Waals surface area contributed by atoms with Crippen LogP contribution in [0, 0.1) is 0 Å². The minimum Gasteiger partial charge on any atom is -0.256 e. The fourth-order valence-electron chi connectivity index (χ4n) is 8.74. The number of aromatic nitrogens is 1. The lowest BCUT2D eigenvalue weighted by Gasteiger charge is -2.19. The van der Waals surface area contributed by atoms with Gasteiger partial charge in [-0.2, -0.15) is 0 Å². The van der Waals surface area contributed by atoms with Gasteiger partial charge in [0.15, 0.2) is 0 Å². The van der Waals surface area contributed by atoms with E-state index in [1.54, 1.807) is 0 Å². The van der Waals surface area contributed by atoms with Gasteiger partial charge in [-0.05, 0) is 129 Å². The van der Waals surface area contributed by atoms with Crippen molar-refractivity contribution < 1.29 is 0 Å². The summed E-state index contributed by atoms with van der Waals surface area (Å²) >= 11 is 0.